The second-order valence-corrected chi connectivity index (χ2v) is 9.54. The number of rotatable bonds is 9. The van der Waals surface area contributed by atoms with Crippen LogP contribution in [-0.4, -0.2) is 37.6 Å². The molecular formula is C32H32N4O4. The Morgan fingerprint density at radius 2 is 1.77 bits per heavy atom. The van der Waals surface area contributed by atoms with Gasteiger partial charge in [0.15, 0.2) is 11.5 Å². The van der Waals surface area contributed by atoms with Crippen molar-refractivity contribution in [2.75, 3.05) is 25.7 Å². The van der Waals surface area contributed by atoms with Gasteiger partial charge in [-0.25, -0.2) is 0 Å². The third-order valence-corrected chi connectivity index (χ3v) is 6.95. The number of aromatic nitrogens is 1. The Labute approximate surface area is 234 Å². The summed E-state index contributed by atoms with van der Waals surface area (Å²) in [6.07, 6.45) is 2.71. The number of pyridine rings is 1. The lowest BCUT2D eigenvalue weighted by Gasteiger charge is -2.26. The molecule has 0 radical (unpaired) electrons. The monoisotopic (exact) mass is 536 g/mol. The highest BCUT2D eigenvalue weighted by molar-refractivity contribution is 6.06. The van der Waals surface area contributed by atoms with Crippen molar-refractivity contribution in [2.24, 2.45) is 0 Å². The number of nitrogens with one attached hydrogen (secondary N) is 2. The van der Waals surface area contributed by atoms with Gasteiger partial charge in [-0.15, -0.1) is 0 Å². The Bertz CT molecular complexity index is 1510. The molecule has 1 aliphatic heterocycles. The molecule has 40 heavy (non-hydrogen) atoms. The molecule has 0 aliphatic carbocycles. The van der Waals surface area contributed by atoms with Crippen molar-refractivity contribution in [3.63, 3.8) is 0 Å². The minimum Gasteiger partial charge on any atom is -0.493 e. The molecule has 8 nitrogen and oxygen atoms in total. The summed E-state index contributed by atoms with van der Waals surface area (Å²) in [5, 5.41) is 6.34. The molecule has 1 aromatic heterocycles. The topological polar surface area (TPSA) is 92.8 Å². The molecule has 2 N–H and O–H groups in total. The van der Waals surface area contributed by atoms with Crippen molar-refractivity contribution in [3.8, 4) is 11.5 Å². The van der Waals surface area contributed by atoms with E-state index >= 15 is 0 Å². The van der Waals surface area contributed by atoms with Crippen molar-refractivity contribution in [1.82, 2.24) is 15.6 Å². The van der Waals surface area contributed by atoms with E-state index in [-0.39, 0.29) is 18.4 Å². The third-order valence-electron chi connectivity index (χ3n) is 6.95. The number of carbonyl (C=O) groups is 2. The lowest BCUT2D eigenvalue weighted by Crippen LogP contribution is -2.32. The largest absolute Gasteiger partial charge is 0.493 e. The maximum Gasteiger partial charge on any atom is 0.258 e. The highest BCUT2D eigenvalue weighted by Crippen LogP contribution is 2.28. The van der Waals surface area contributed by atoms with Gasteiger partial charge in [-0.2, -0.15) is 0 Å². The van der Waals surface area contributed by atoms with E-state index in [9.17, 15) is 9.59 Å². The van der Waals surface area contributed by atoms with E-state index in [0.717, 1.165) is 36.5 Å². The number of hydrogen-bond donors (Lipinski definition) is 2. The highest BCUT2D eigenvalue weighted by Gasteiger charge is 2.21. The molecule has 0 unspecified atom stereocenters. The first-order valence-electron chi connectivity index (χ1n) is 13.2. The summed E-state index contributed by atoms with van der Waals surface area (Å²) in [6, 6.07) is 24.3. The van der Waals surface area contributed by atoms with Crippen LogP contribution in [0.3, 0.4) is 0 Å². The van der Waals surface area contributed by atoms with Gasteiger partial charge < -0.3 is 25.0 Å². The van der Waals surface area contributed by atoms with Crippen molar-refractivity contribution in [2.45, 2.75) is 26.1 Å². The summed E-state index contributed by atoms with van der Waals surface area (Å²) in [5.41, 5.74) is 5.93. The quantitative estimate of drug-likeness (QED) is 0.327. The molecule has 2 heterocycles. The maximum atomic E-state index is 13.9. The van der Waals surface area contributed by atoms with Crippen LogP contribution in [0.15, 0.2) is 85.1 Å². The maximum absolute atomic E-state index is 13.9. The summed E-state index contributed by atoms with van der Waals surface area (Å²) in [5.74, 6) is 0.643. The average molecular weight is 537 g/mol. The predicted molar refractivity (Wildman–Crippen MR) is 154 cm³/mol. The van der Waals surface area contributed by atoms with Crippen molar-refractivity contribution < 1.29 is 19.1 Å². The fraction of sp³-hybridized carbons (Fsp3) is 0.219. The van der Waals surface area contributed by atoms with Gasteiger partial charge >= 0.3 is 0 Å². The van der Waals surface area contributed by atoms with E-state index in [1.807, 2.05) is 42.5 Å². The molecule has 5 rings (SSSR count). The Morgan fingerprint density at radius 3 is 2.58 bits per heavy atom. The Hall–Kier alpha value is -4.69. The molecule has 2 amide bonds. The normalized spacial score (nSPS) is 12.2. The molecule has 1 aliphatic rings. The molecule has 0 fully saturated rings. The van der Waals surface area contributed by atoms with Crippen LogP contribution >= 0.6 is 0 Å². The lowest BCUT2D eigenvalue weighted by molar-refractivity contribution is 0.0949. The number of methoxy groups -OCH3 is 2. The molecule has 204 valence electrons. The summed E-state index contributed by atoms with van der Waals surface area (Å²) in [4.78, 5) is 33.0. The summed E-state index contributed by atoms with van der Waals surface area (Å²) in [7, 11) is 3.08. The van der Waals surface area contributed by atoms with E-state index in [2.05, 4.69) is 27.8 Å². The Kier molecular flexibility index (Phi) is 8.37. The van der Waals surface area contributed by atoms with Gasteiger partial charge in [0.25, 0.3) is 11.8 Å². The van der Waals surface area contributed by atoms with Gasteiger partial charge in [-0.3, -0.25) is 14.6 Å². The lowest BCUT2D eigenvalue weighted by atomic mass is 9.99. The second-order valence-electron chi connectivity index (χ2n) is 9.54. The molecule has 0 bridgehead atoms. The van der Waals surface area contributed by atoms with E-state index < -0.39 is 0 Å². The molecule has 0 saturated carbocycles. The van der Waals surface area contributed by atoms with E-state index in [0.29, 0.717) is 29.2 Å². The van der Waals surface area contributed by atoms with Crippen LogP contribution in [0.1, 0.15) is 43.1 Å². The summed E-state index contributed by atoms with van der Waals surface area (Å²) >= 11 is 0. The number of fused-ring (bicyclic) bond motifs is 1. The van der Waals surface area contributed by atoms with Gasteiger partial charge in [0.1, 0.15) is 0 Å². The standard InChI is InChI=1S/C32H32N4O4/c1-39-29-12-10-24(18-30(29)40-2)31(37)35-19-22-6-5-7-25(16-22)32(38)36(21-27-8-3-4-14-34-27)28-11-9-23-13-15-33-20-26(23)17-28/h3-12,14,16-18,33H,13,15,19-21H2,1-2H3,(H,35,37). The zero-order valence-corrected chi connectivity index (χ0v) is 22.6. The van der Waals surface area contributed by atoms with Crippen LogP contribution in [-0.2, 0) is 26.1 Å². The van der Waals surface area contributed by atoms with E-state index in [4.69, 9.17) is 9.47 Å². The van der Waals surface area contributed by atoms with Gasteiger partial charge in [-0.1, -0.05) is 24.3 Å². The molecule has 0 spiro atoms. The molecule has 0 atom stereocenters. The third kappa shape index (κ3) is 6.13. The molecular weight excluding hydrogens is 504 g/mol. The predicted octanol–water partition coefficient (Wildman–Crippen LogP) is 4.52. The number of nitrogens with zero attached hydrogens (tertiary/aromatic N) is 2. The molecule has 8 heteroatoms. The van der Waals surface area contributed by atoms with Crippen molar-refractivity contribution in [3.05, 3.63) is 119 Å². The number of carbonyl (C=O) groups excluding carboxylic acids is 2. The first-order chi connectivity index (χ1) is 19.6. The zero-order valence-electron chi connectivity index (χ0n) is 22.6. The fourth-order valence-corrected chi connectivity index (χ4v) is 4.80. The van der Waals surface area contributed by atoms with Crippen molar-refractivity contribution in [1.29, 1.82) is 0 Å². The Balaban J connectivity index is 1.36. The number of amides is 2. The van der Waals surface area contributed by atoms with E-state index in [1.54, 1.807) is 42.5 Å². The average Bonchev–Trinajstić information content (AvgIpc) is 3.02. The van der Waals surface area contributed by atoms with Crippen LogP contribution in [0.4, 0.5) is 5.69 Å². The zero-order chi connectivity index (χ0) is 27.9. The second kappa shape index (κ2) is 12.4. The number of hydrogen-bond acceptors (Lipinski definition) is 6. The van der Waals surface area contributed by atoms with E-state index in [1.165, 1.54) is 18.2 Å². The molecule has 0 saturated heterocycles. The van der Waals surface area contributed by atoms with Crippen LogP contribution in [0.25, 0.3) is 0 Å². The van der Waals surface area contributed by atoms with Gasteiger partial charge in [0.05, 0.1) is 26.5 Å². The first-order valence-corrected chi connectivity index (χ1v) is 13.2. The number of ether oxygens (including phenoxy) is 2. The summed E-state index contributed by atoms with van der Waals surface area (Å²) in [6.45, 7) is 2.34. The molecule has 4 aromatic rings. The van der Waals surface area contributed by atoms with Gasteiger partial charge in [0.2, 0.25) is 0 Å². The highest BCUT2D eigenvalue weighted by atomic mass is 16.5. The van der Waals surface area contributed by atoms with Crippen LogP contribution in [0.5, 0.6) is 11.5 Å². The van der Waals surface area contributed by atoms with Crippen LogP contribution in [0.2, 0.25) is 0 Å². The van der Waals surface area contributed by atoms with Crippen LogP contribution < -0.4 is 25.0 Å². The fourth-order valence-electron chi connectivity index (χ4n) is 4.80. The summed E-state index contributed by atoms with van der Waals surface area (Å²) < 4.78 is 10.6. The first kappa shape index (κ1) is 26.9. The number of anilines is 1. The minimum atomic E-state index is -0.253. The Morgan fingerprint density at radius 1 is 0.900 bits per heavy atom. The van der Waals surface area contributed by atoms with Gasteiger partial charge in [0, 0.05) is 36.1 Å². The van der Waals surface area contributed by atoms with Crippen LogP contribution in [0, 0.1) is 0 Å². The minimum absolute atomic E-state index is 0.137. The van der Waals surface area contributed by atoms with Gasteiger partial charge in [-0.05, 0) is 84.3 Å². The smallest absolute Gasteiger partial charge is 0.258 e. The SMILES string of the molecule is COc1ccc(C(=O)NCc2cccc(C(=O)N(Cc3ccccn3)c3ccc4c(c3)CNCC4)c2)cc1OC. The number of benzene rings is 3. The van der Waals surface area contributed by atoms with Crippen molar-refractivity contribution >= 4 is 17.5 Å². The molecule has 3 aromatic carbocycles.